The summed E-state index contributed by atoms with van der Waals surface area (Å²) in [5.41, 5.74) is 1.49. The molecule has 0 aliphatic carbocycles. The van der Waals surface area contributed by atoms with Gasteiger partial charge in [0.25, 0.3) is 0 Å². The van der Waals surface area contributed by atoms with E-state index in [1.807, 2.05) is 19.2 Å². The molecule has 0 radical (unpaired) electrons. The molecule has 0 aliphatic heterocycles. The van der Waals surface area contributed by atoms with Gasteiger partial charge in [-0.15, -0.1) is 21.5 Å². The molecule has 8 nitrogen and oxygen atoms in total. The first-order chi connectivity index (χ1) is 11.7. The smallest absolute Gasteiger partial charge is 0.216 e. The molecular formula is C13H11N7OS3. The fourth-order valence-electron chi connectivity index (χ4n) is 2.11. The van der Waals surface area contributed by atoms with E-state index in [0.29, 0.717) is 16.6 Å². The van der Waals surface area contributed by atoms with Crippen LogP contribution in [0.5, 0.6) is 0 Å². The second kappa shape index (κ2) is 6.07. The summed E-state index contributed by atoms with van der Waals surface area (Å²) >= 11 is 4.46. The van der Waals surface area contributed by atoms with Gasteiger partial charge >= 0.3 is 0 Å². The molecule has 4 aromatic heterocycles. The second-order valence-electron chi connectivity index (χ2n) is 4.68. The van der Waals surface area contributed by atoms with E-state index in [1.54, 1.807) is 29.4 Å². The summed E-state index contributed by atoms with van der Waals surface area (Å²) in [4.78, 5) is 13.0. The van der Waals surface area contributed by atoms with Crippen LogP contribution in [0.4, 0.5) is 0 Å². The lowest BCUT2D eigenvalue weighted by Gasteiger charge is -2.02. The first-order valence-electron chi connectivity index (χ1n) is 6.75. The Labute approximate surface area is 148 Å². The van der Waals surface area contributed by atoms with Gasteiger partial charge in [0.05, 0.1) is 11.8 Å². The molecule has 0 amide bonds. The number of nitrogens with two attached hydrogens (primary N) is 1. The minimum Gasteiger partial charge on any atom is -0.469 e. The number of nitrogen functional groups attached to an aromatic ring is 1. The summed E-state index contributed by atoms with van der Waals surface area (Å²) < 4.78 is 8.59. The van der Waals surface area contributed by atoms with Crippen molar-refractivity contribution < 1.29 is 4.42 Å². The lowest BCUT2D eigenvalue weighted by molar-refractivity contribution is 0.535. The molecule has 2 N–H and O–H groups in total. The van der Waals surface area contributed by atoms with Crippen LogP contribution >= 0.6 is 34.9 Å². The number of aromatic nitrogens is 6. The van der Waals surface area contributed by atoms with Crippen LogP contribution in [0.1, 0.15) is 5.76 Å². The molecule has 0 aromatic carbocycles. The normalized spacial score (nSPS) is 11.4. The number of aryl methyl sites for hydroxylation is 1. The van der Waals surface area contributed by atoms with Crippen LogP contribution in [0.15, 0.2) is 37.6 Å². The molecule has 0 atom stereocenters. The Morgan fingerprint density at radius 1 is 1.29 bits per heavy atom. The Kier molecular flexibility index (Phi) is 3.90. The molecule has 122 valence electrons. The number of rotatable bonds is 4. The second-order valence-corrected chi connectivity index (χ2v) is 7.69. The van der Waals surface area contributed by atoms with Gasteiger partial charge in [0, 0.05) is 0 Å². The molecule has 0 fully saturated rings. The molecule has 0 aliphatic rings. The van der Waals surface area contributed by atoms with Gasteiger partial charge in [-0.05, 0) is 31.0 Å². The van der Waals surface area contributed by atoms with Crippen LogP contribution in [-0.2, 0) is 0 Å². The lowest BCUT2D eigenvalue weighted by Crippen LogP contribution is -2.11. The zero-order chi connectivity index (χ0) is 16.7. The maximum absolute atomic E-state index is 6.16. The topological polar surface area (TPSA) is 109 Å². The fourth-order valence-corrected chi connectivity index (χ4v) is 4.48. The molecule has 4 aromatic rings. The molecular weight excluding hydrogens is 366 g/mol. The van der Waals surface area contributed by atoms with Gasteiger partial charge in [-0.1, -0.05) is 11.8 Å². The molecule has 0 bridgehead atoms. The Morgan fingerprint density at radius 3 is 2.92 bits per heavy atom. The molecule has 11 heteroatoms. The molecule has 0 spiro atoms. The van der Waals surface area contributed by atoms with E-state index in [0.717, 1.165) is 25.4 Å². The third-order valence-corrected chi connectivity index (χ3v) is 6.40. The summed E-state index contributed by atoms with van der Waals surface area (Å²) in [6.07, 6.45) is 5.07. The van der Waals surface area contributed by atoms with Crippen molar-refractivity contribution in [3.63, 3.8) is 0 Å². The fraction of sp³-hybridized carbons (Fsp3) is 0.154. The van der Waals surface area contributed by atoms with E-state index in [1.165, 1.54) is 22.8 Å². The molecule has 4 heterocycles. The van der Waals surface area contributed by atoms with Gasteiger partial charge in [0.15, 0.2) is 15.8 Å². The van der Waals surface area contributed by atoms with E-state index in [4.69, 9.17) is 10.3 Å². The van der Waals surface area contributed by atoms with Crippen LogP contribution in [0.2, 0.25) is 0 Å². The number of thioether (sulfide) groups is 1. The third kappa shape index (κ3) is 2.54. The van der Waals surface area contributed by atoms with Gasteiger partial charge in [0.2, 0.25) is 5.16 Å². The van der Waals surface area contributed by atoms with Crippen molar-refractivity contribution in [2.24, 2.45) is 0 Å². The Bertz CT molecular complexity index is 1020. The van der Waals surface area contributed by atoms with Crippen LogP contribution in [0, 0.1) is 6.92 Å². The quantitative estimate of drug-likeness (QED) is 0.326. The number of fused-ring (bicyclic) bond motifs is 1. The van der Waals surface area contributed by atoms with Crippen LogP contribution < -0.4 is 5.84 Å². The van der Waals surface area contributed by atoms with Crippen molar-refractivity contribution in [2.75, 3.05) is 12.1 Å². The zero-order valence-corrected chi connectivity index (χ0v) is 15.1. The van der Waals surface area contributed by atoms with E-state index >= 15 is 0 Å². The van der Waals surface area contributed by atoms with Crippen molar-refractivity contribution in [2.45, 2.75) is 21.4 Å². The van der Waals surface area contributed by atoms with Crippen molar-refractivity contribution in [3.8, 4) is 11.4 Å². The van der Waals surface area contributed by atoms with E-state index in [9.17, 15) is 0 Å². The molecule has 0 unspecified atom stereocenters. The first-order valence-corrected chi connectivity index (χ1v) is 9.61. The number of nitrogens with zero attached hydrogens (tertiary/aromatic N) is 6. The molecule has 24 heavy (non-hydrogen) atoms. The van der Waals surface area contributed by atoms with Crippen LogP contribution in [0.3, 0.4) is 0 Å². The van der Waals surface area contributed by atoms with Gasteiger partial charge in [-0.3, -0.25) is 0 Å². The van der Waals surface area contributed by atoms with Crippen molar-refractivity contribution in [3.05, 3.63) is 24.4 Å². The highest BCUT2D eigenvalue weighted by atomic mass is 32.2. The summed E-state index contributed by atoms with van der Waals surface area (Å²) in [5, 5.41) is 9.62. The highest BCUT2D eigenvalue weighted by Crippen LogP contribution is 2.36. The minimum atomic E-state index is 0.532. The molecule has 0 saturated carbocycles. The van der Waals surface area contributed by atoms with Gasteiger partial charge < -0.3 is 10.3 Å². The van der Waals surface area contributed by atoms with E-state index in [-0.39, 0.29) is 0 Å². The Hall–Kier alpha value is -2.11. The van der Waals surface area contributed by atoms with Gasteiger partial charge in [-0.2, -0.15) is 0 Å². The Balaban J connectivity index is 1.73. The zero-order valence-electron chi connectivity index (χ0n) is 12.6. The number of thiazole rings is 1. The lowest BCUT2D eigenvalue weighted by atomic mass is 10.2. The summed E-state index contributed by atoms with van der Waals surface area (Å²) in [6.45, 7) is 1.85. The monoisotopic (exact) mass is 377 g/mol. The third-order valence-electron chi connectivity index (χ3n) is 3.27. The summed E-state index contributed by atoms with van der Waals surface area (Å²) in [5.74, 6) is 7.44. The number of hydrogen-bond donors (Lipinski definition) is 1. The van der Waals surface area contributed by atoms with Crippen molar-refractivity contribution >= 4 is 45.2 Å². The number of hydrogen-bond acceptors (Lipinski definition) is 10. The SMILES string of the molecule is CSc1nc2ncnc(Sc3nnc(-c4ccoc4C)n3N)c2s1. The van der Waals surface area contributed by atoms with Gasteiger partial charge in [0.1, 0.15) is 21.8 Å². The average molecular weight is 377 g/mol. The minimum absolute atomic E-state index is 0.532. The predicted octanol–water partition coefficient (Wildman–Crippen LogP) is 2.83. The first kappa shape index (κ1) is 15.4. The van der Waals surface area contributed by atoms with Gasteiger partial charge in [-0.25, -0.2) is 19.6 Å². The summed E-state index contributed by atoms with van der Waals surface area (Å²) in [6, 6.07) is 1.81. The van der Waals surface area contributed by atoms with E-state index < -0.39 is 0 Å². The van der Waals surface area contributed by atoms with Crippen LogP contribution in [0.25, 0.3) is 21.7 Å². The van der Waals surface area contributed by atoms with Crippen molar-refractivity contribution in [1.29, 1.82) is 0 Å². The predicted molar refractivity (Wildman–Crippen MR) is 93.7 cm³/mol. The van der Waals surface area contributed by atoms with E-state index in [2.05, 4.69) is 25.1 Å². The highest BCUT2D eigenvalue weighted by Gasteiger charge is 2.18. The maximum Gasteiger partial charge on any atom is 0.216 e. The van der Waals surface area contributed by atoms with Crippen molar-refractivity contribution in [1.82, 2.24) is 29.8 Å². The summed E-state index contributed by atoms with van der Waals surface area (Å²) in [7, 11) is 0. The molecule has 0 saturated heterocycles. The van der Waals surface area contributed by atoms with Crippen LogP contribution in [-0.4, -0.2) is 36.1 Å². The molecule has 4 rings (SSSR count). The highest BCUT2D eigenvalue weighted by molar-refractivity contribution is 8.00. The maximum atomic E-state index is 6.16. The standard InChI is InChI=1S/C13H11N7OS3/c1-6-7(3-4-21-6)10-18-19-12(20(10)14)24-11-8-9(15-5-16-11)17-13(22-2)23-8/h3-5H,14H2,1-2H3. The largest absolute Gasteiger partial charge is 0.469 e. The number of furan rings is 1. The average Bonchev–Trinajstić information content (AvgIpc) is 3.27. The Morgan fingerprint density at radius 2 is 2.17 bits per heavy atom.